The van der Waals surface area contributed by atoms with E-state index in [1.807, 2.05) is 0 Å². The lowest BCUT2D eigenvalue weighted by molar-refractivity contribution is -0.141. The predicted octanol–water partition coefficient (Wildman–Crippen LogP) is 0.281. The van der Waals surface area contributed by atoms with Crippen LogP contribution in [0.15, 0.2) is 12.2 Å². The first-order valence-corrected chi connectivity index (χ1v) is 4.20. The van der Waals surface area contributed by atoms with Crippen molar-refractivity contribution >= 4 is 18.1 Å². The Kier molecular flexibility index (Phi) is 3.37. The molecule has 0 saturated carbocycles. The maximum Gasteiger partial charge on any atom is 0.252 e. The number of aldehydes is 1. The molecule has 0 radical (unpaired) electrons. The number of hydrogen-bond acceptors (Lipinski definition) is 3. The van der Waals surface area contributed by atoms with Crippen LogP contribution in [0.4, 0.5) is 0 Å². The molecule has 0 unspecified atom stereocenters. The van der Waals surface area contributed by atoms with Gasteiger partial charge in [-0.1, -0.05) is 6.08 Å². The van der Waals surface area contributed by atoms with Gasteiger partial charge in [0.25, 0.3) is 5.91 Å². The molecule has 0 N–H and O–H groups in total. The zero-order valence-corrected chi connectivity index (χ0v) is 7.23. The lowest BCUT2D eigenvalue weighted by Gasteiger charge is -2.15. The van der Waals surface area contributed by atoms with Gasteiger partial charge in [-0.05, 0) is 12.5 Å². The van der Waals surface area contributed by atoms with Crippen LogP contribution in [0.1, 0.15) is 19.3 Å². The van der Waals surface area contributed by atoms with Crippen molar-refractivity contribution in [2.45, 2.75) is 19.3 Å². The van der Waals surface area contributed by atoms with E-state index >= 15 is 0 Å². The molecule has 0 aromatic rings. The lowest BCUT2D eigenvalue weighted by Crippen LogP contribution is -2.35. The van der Waals surface area contributed by atoms with E-state index in [9.17, 15) is 14.4 Å². The van der Waals surface area contributed by atoms with E-state index in [2.05, 4.69) is 0 Å². The van der Waals surface area contributed by atoms with Crippen molar-refractivity contribution < 1.29 is 14.4 Å². The molecule has 0 bridgehead atoms. The standard InChI is InChI=1S/C9H11NO3/c11-7-3-6-10-8(12)4-1-2-5-9(10)13/h1,4,7H,2-3,5-6H2. The van der Waals surface area contributed by atoms with Crippen molar-refractivity contribution in [2.75, 3.05) is 6.54 Å². The van der Waals surface area contributed by atoms with Gasteiger partial charge in [0.1, 0.15) is 6.29 Å². The summed E-state index contributed by atoms with van der Waals surface area (Å²) >= 11 is 0. The van der Waals surface area contributed by atoms with Crippen LogP contribution in [0.3, 0.4) is 0 Å². The second-order valence-electron chi connectivity index (χ2n) is 2.78. The van der Waals surface area contributed by atoms with E-state index in [1.54, 1.807) is 6.08 Å². The third kappa shape index (κ3) is 2.50. The second kappa shape index (κ2) is 4.54. The molecule has 0 aromatic carbocycles. The first-order valence-electron chi connectivity index (χ1n) is 4.20. The van der Waals surface area contributed by atoms with Gasteiger partial charge >= 0.3 is 0 Å². The molecule has 0 aliphatic carbocycles. The highest BCUT2D eigenvalue weighted by atomic mass is 16.2. The van der Waals surface area contributed by atoms with E-state index in [1.165, 1.54) is 6.08 Å². The molecule has 1 aliphatic rings. The fraction of sp³-hybridized carbons (Fsp3) is 0.444. The summed E-state index contributed by atoms with van der Waals surface area (Å²) in [5, 5.41) is 0. The number of carbonyl (C=O) groups is 3. The quantitative estimate of drug-likeness (QED) is 0.464. The molecule has 0 saturated heterocycles. The largest absolute Gasteiger partial charge is 0.303 e. The van der Waals surface area contributed by atoms with Gasteiger partial charge in [-0.2, -0.15) is 0 Å². The summed E-state index contributed by atoms with van der Waals surface area (Å²) in [6.07, 6.45) is 4.93. The normalized spacial score (nSPS) is 17.4. The lowest BCUT2D eigenvalue weighted by atomic mass is 10.3. The minimum atomic E-state index is -0.315. The summed E-state index contributed by atoms with van der Waals surface area (Å²) in [5.41, 5.74) is 0. The smallest absolute Gasteiger partial charge is 0.252 e. The molecular weight excluding hydrogens is 170 g/mol. The number of allylic oxidation sites excluding steroid dienone is 1. The first-order chi connectivity index (χ1) is 6.25. The van der Waals surface area contributed by atoms with E-state index in [0.717, 1.165) is 4.90 Å². The minimum Gasteiger partial charge on any atom is -0.303 e. The maximum absolute atomic E-state index is 11.3. The number of rotatable bonds is 3. The van der Waals surface area contributed by atoms with Crippen molar-refractivity contribution in [2.24, 2.45) is 0 Å². The Morgan fingerprint density at radius 3 is 2.92 bits per heavy atom. The van der Waals surface area contributed by atoms with Crippen molar-refractivity contribution in [3.63, 3.8) is 0 Å². The molecule has 4 heteroatoms. The molecule has 1 heterocycles. The molecule has 0 aromatic heterocycles. The fourth-order valence-corrected chi connectivity index (χ4v) is 1.16. The van der Waals surface area contributed by atoms with Gasteiger partial charge in [-0.15, -0.1) is 0 Å². The summed E-state index contributed by atoms with van der Waals surface area (Å²) in [4.78, 5) is 33.7. The van der Waals surface area contributed by atoms with Gasteiger partial charge in [-0.25, -0.2) is 0 Å². The van der Waals surface area contributed by atoms with Crippen LogP contribution in [-0.2, 0) is 14.4 Å². The maximum atomic E-state index is 11.3. The van der Waals surface area contributed by atoms with Crippen molar-refractivity contribution in [1.82, 2.24) is 4.90 Å². The highest BCUT2D eigenvalue weighted by molar-refractivity contribution is 6.01. The van der Waals surface area contributed by atoms with Crippen LogP contribution in [0.2, 0.25) is 0 Å². The summed E-state index contributed by atoms with van der Waals surface area (Å²) in [6.45, 7) is 0.200. The second-order valence-corrected chi connectivity index (χ2v) is 2.78. The highest BCUT2D eigenvalue weighted by Crippen LogP contribution is 2.06. The average molecular weight is 181 g/mol. The predicted molar refractivity (Wildman–Crippen MR) is 45.8 cm³/mol. The van der Waals surface area contributed by atoms with Crippen molar-refractivity contribution in [3.05, 3.63) is 12.2 Å². The molecule has 2 amide bonds. The van der Waals surface area contributed by atoms with Crippen molar-refractivity contribution in [3.8, 4) is 0 Å². The zero-order valence-electron chi connectivity index (χ0n) is 7.23. The van der Waals surface area contributed by atoms with Gasteiger partial charge in [0.05, 0.1) is 0 Å². The molecule has 13 heavy (non-hydrogen) atoms. The fourth-order valence-electron chi connectivity index (χ4n) is 1.16. The van der Waals surface area contributed by atoms with Crippen LogP contribution in [0.25, 0.3) is 0 Å². The Labute approximate surface area is 76.2 Å². The van der Waals surface area contributed by atoms with Gasteiger partial charge < -0.3 is 4.79 Å². The number of carbonyl (C=O) groups excluding carboxylic acids is 3. The molecule has 0 fully saturated rings. The Morgan fingerprint density at radius 1 is 1.46 bits per heavy atom. The SMILES string of the molecule is O=CCCN1C(=O)C=CCCC1=O. The van der Waals surface area contributed by atoms with Crippen LogP contribution in [0.5, 0.6) is 0 Å². The van der Waals surface area contributed by atoms with Crippen LogP contribution in [0, 0.1) is 0 Å². The molecule has 0 atom stereocenters. The van der Waals surface area contributed by atoms with E-state index in [-0.39, 0.29) is 24.8 Å². The number of imide groups is 1. The third-order valence-electron chi connectivity index (χ3n) is 1.82. The Morgan fingerprint density at radius 2 is 2.23 bits per heavy atom. The van der Waals surface area contributed by atoms with Crippen LogP contribution >= 0.6 is 0 Å². The van der Waals surface area contributed by atoms with E-state index in [4.69, 9.17) is 0 Å². The Hall–Kier alpha value is -1.45. The third-order valence-corrected chi connectivity index (χ3v) is 1.82. The summed E-state index contributed by atoms with van der Waals surface area (Å²) in [6, 6.07) is 0. The van der Waals surface area contributed by atoms with E-state index in [0.29, 0.717) is 19.1 Å². The highest BCUT2D eigenvalue weighted by Gasteiger charge is 2.19. The van der Waals surface area contributed by atoms with E-state index < -0.39 is 0 Å². The summed E-state index contributed by atoms with van der Waals surface area (Å²) < 4.78 is 0. The number of nitrogens with zero attached hydrogens (tertiary/aromatic N) is 1. The summed E-state index contributed by atoms with van der Waals surface area (Å²) in [7, 11) is 0. The van der Waals surface area contributed by atoms with Crippen LogP contribution in [-0.4, -0.2) is 29.5 Å². The molecule has 4 nitrogen and oxygen atoms in total. The summed E-state index contributed by atoms with van der Waals surface area (Å²) in [5.74, 6) is -0.513. The molecule has 1 rings (SSSR count). The van der Waals surface area contributed by atoms with Crippen molar-refractivity contribution in [1.29, 1.82) is 0 Å². The Bertz CT molecular complexity index is 258. The first kappa shape index (κ1) is 9.64. The molecule has 0 spiro atoms. The molecular formula is C9H11NO3. The molecule has 1 aliphatic heterocycles. The average Bonchev–Trinajstić information content (AvgIpc) is 2.26. The minimum absolute atomic E-state index is 0.197. The van der Waals surface area contributed by atoms with Gasteiger partial charge in [0.2, 0.25) is 5.91 Å². The van der Waals surface area contributed by atoms with Gasteiger partial charge in [0.15, 0.2) is 0 Å². The monoisotopic (exact) mass is 181 g/mol. The zero-order chi connectivity index (χ0) is 9.68. The molecule has 70 valence electrons. The van der Waals surface area contributed by atoms with Gasteiger partial charge in [-0.3, -0.25) is 14.5 Å². The van der Waals surface area contributed by atoms with Crippen LogP contribution < -0.4 is 0 Å². The topological polar surface area (TPSA) is 54.5 Å². The van der Waals surface area contributed by atoms with Gasteiger partial charge in [0, 0.05) is 19.4 Å². The Balaban J connectivity index is 2.64. The number of amides is 2. The number of hydrogen-bond donors (Lipinski definition) is 0.